The Kier molecular flexibility index (Phi) is 4.76. The van der Waals surface area contributed by atoms with E-state index in [2.05, 4.69) is 5.10 Å². The number of carbonyl (C=O) groups is 1. The number of hydrogen-bond donors (Lipinski definition) is 0. The molecule has 8 heteroatoms. The zero-order valence-electron chi connectivity index (χ0n) is 12.8. The summed E-state index contributed by atoms with van der Waals surface area (Å²) < 4.78 is 6.87. The molecule has 0 spiro atoms. The van der Waals surface area contributed by atoms with Crippen molar-refractivity contribution in [3.05, 3.63) is 87.2 Å². The lowest BCUT2D eigenvalue weighted by Gasteiger charge is -2.07. The Hall–Kier alpha value is -3.19. The number of hydrogen-bond acceptors (Lipinski definition) is 5. The number of nitro benzene ring substituents is 1. The van der Waals surface area contributed by atoms with Crippen LogP contribution in [0.25, 0.3) is 5.69 Å². The molecule has 0 unspecified atom stereocenters. The molecule has 3 aromatic rings. The number of halogens is 1. The maximum atomic E-state index is 12.1. The first kappa shape index (κ1) is 16.7. The van der Waals surface area contributed by atoms with Gasteiger partial charge in [-0.25, -0.2) is 9.48 Å². The third-order valence-electron chi connectivity index (χ3n) is 3.45. The van der Waals surface area contributed by atoms with Gasteiger partial charge in [-0.3, -0.25) is 10.1 Å². The van der Waals surface area contributed by atoms with Crippen LogP contribution in [0, 0.1) is 10.1 Å². The first-order valence-corrected chi connectivity index (χ1v) is 7.62. The van der Waals surface area contributed by atoms with Gasteiger partial charge in [0.05, 0.1) is 10.6 Å². The third-order valence-corrected chi connectivity index (χ3v) is 3.69. The Morgan fingerprint density at radius 3 is 2.64 bits per heavy atom. The fourth-order valence-electron chi connectivity index (χ4n) is 2.22. The SMILES string of the molecule is O=C(OCc1ccc(-n2cccn2)cc1)c1cc(Cl)ccc1[N+](=O)[O-]. The average Bonchev–Trinajstić information content (AvgIpc) is 3.14. The van der Waals surface area contributed by atoms with Crippen LogP contribution in [-0.2, 0) is 11.3 Å². The summed E-state index contributed by atoms with van der Waals surface area (Å²) in [5, 5.41) is 15.4. The summed E-state index contributed by atoms with van der Waals surface area (Å²) in [5.74, 6) is -0.801. The Balaban J connectivity index is 1.70. The third kappa shape index (κ3) is 3.84. The van der Waals surface area contributed by atoms with Crippen LogP contribution < -0.4 is 0 Å². The van der Waals surface area contributed by atoms with E-state index in [1.54, 1.807) is 23.0 Å². The van der Waals surface area contributed by atoms with Gasteiger partial charge in [-0.1, -0.05) is 23.7 Å². The minimum atomic E-state index is -0.801. The second-order valence-electron chi connectivity index (χ2n) is 5.11. The molecule has 0 saturated heterocycles. The highest BCUT2D eigenvalue weighted by Crippen LogP contribution is 2.24. The first-order chi connectivity index (χ1) is 12.0. The van der Waals surface area contributed by atoms with E-state index < -0.39 is 10.9 Å². The molecule has 0 aliphatic heterocycles. The van der Waals surface area contributed by atoms with Crippen molar-refractivity contribution >= 4 is 23.3 Å². The molecular formula is C17H12ClN3O4. The van der Waals surface area contributed by atoms with E-state index in [9.17, 15) is 14.9 Å². The molecular weight excluding hydrogens is 346 g/mol. The van der Waals surface area contributed by atoms with Gasteiger partial charge in [0.25, 0.3) is 5.69 Å². The predicted octanol–water partition coefficient (Wildman–Crippen LogP) is 3.79. The van der Waals surface area contributed by atoms with Crippen LogP contribution in [0.2, 0.25) is 5.02 Å². The van der Waals surface area contributed by atoms with Crippen molar-refractivity contribution in [2.45, 2.75) is 6.61 Å². The summed E-state index contributed by atoms with van der Waals surface area (Å²) in [5.41, 5.74) is 1.09. The van der Waals surface area contributed by atoms with Crippen molar-refractivity contribution in [3.63, 3.8) is 0 Å². The molecule has 1 heterocycles. The molecule has 0 saturated carbocycles. The number of benzene rings is 2. The molecule has 2 aromatic carbocycles. The summed E-state index contributed by atoms with van der Waals surface area (Å²) in [4.78, 5) is 22.5. The molecule has 0 atom stereocenters. The van der Waals surface area contributed by atoms with Crippen molar-refractivity contribution in [2.75, 3.05) is 0 Å². The molecule has 0 fully saturated rings. The molecule has 1 aromatic heterocycles. The lowest BCUT2D eigenvalue weighted by molar-refractivity contribution is -0.385. The number of nitrogens with zero attached hydrogens (tertiary/aromatic N) is 3. The van der Waals surface area contributed by atoms with E-state index in [1.165, 1.54) is 18.2 Å². The van der Waals surface area contributed by atoms with Crippen LogP contribution in [0.15, 0.2) is 60.9 Å². The Morgan fingerprint density at radius 1 is 1.24 bits per heavy atom. The Bertz CT molecular complexity index is 908. The van der Waals surface area contributed by atoms with Gasteiger partial charge in [0, 0.05) is 23.5 Å². The summed E-state index contributed by atoms with van der Waals surface area (Å²) in [7, 11) is 0. The molecule has 25 heavy (non-hydrogen) atoms. The molecule has 126 valence electrons. The van der Waals surface area contributed by atoms with Crippen molar-refractivity contribution < 1.29 is 14.5 Å². The number of ether oxygens (including phenoxy) is 1. The van der Waals surface area contributed by atoms with Crippen molar-refractivity contribution in [1.82, 2.24) is 9.78 Å². The van der Waals surface area contributed by atoms with E-state index in [4.69, 9.17) is 16.3 Å². The van der Waals surface area contributed by atoms with Gasteiger partial charge in [-0.15, -0.1) is 0 Å². The number of esters is 1. The van der Waals surface area contributed by atoms with Gasteiger partial charge in [0.2, 0.25) is 0 Å². The first-order valence-electron chi connectivity index (χ1n) is 7.24. The fraction of sp³-hybridized carbons (Fsp3) is 0.0588. The van der Waals surface area contributed by atoms with Gasteiger partial charge in [-0.2, -0.15) is 5.10 Å². The van der Waals surface area contributed by atoms with Crippen LogP contribution in [0.1, 0.15) is 15.9 Å². The number of nitro groups is 1. The summed E-state index contributed by atoms with van der Waals surface area (Å²) >= 11 is 5.81. The minimum Gasteiger partial charge on any atom is -0.457 e. The fourth-order valence-corrected chi connectivity index (χ4v) is 2.40. The van der Waals surface area contributed by atoms with Crippen molar-refractivity contribution in [2.24, 2.45) is 0 Å². The van der Waals surface area contributed by atoms with E-state index >= 15 is 0 Å². The monoisotopic (exact) mass is 357 g/mol. The Labute approximate surface area is 147 Å². The van der Waals surface area contributed by atoms with Crippen LogP contribution in [0.5, 0.6) is 0 Å². The standard InChI is InChI=1S/C17H12ClN3O4/c18-13-4-7-16(21(23)24)15(10-13)17(22)25-11-12-2-5-14(6-3-12)20-9-1-8-19-20/h1-10H,11H2. The molecule has 0 aliphatic carbocycles. The second kappa shape index (κ2) is 7.14. The number of rotatable bonds is 5. The molecule has 0 amide bonds. The average molecular weight is 358 g/mol. The molecule has 0 aliphatic rings. The van der Waals surface area contributed by atoms with Gasteiger partial charge in [0.15, 0.2) is 0 Å². The maximum Gasteiger partial charge on any atom is 0.345 e. The highest BCUT2D eigenvalue weighted by atomic mass is 35.5. The van der Waals surface area contributed by atoms with Crippen molar-refractivity contribution in [1.29, 1.82) is 0 Å². The van der Waals surface area contributed by atoms with Crippen molar-refractivity contribution in [3.8, 4) is 5.69 Å². The zero-order valence-corrected chi connectivity index (χ0v) is 13.6. The summed E-state index contributed by atoms with van der Waals surface area (Å²) in [6.45, 7) is -0.0120. The highest BCUT2D eigenvalue weighted by Gasteiger charge is 2.21. The Morgan fingerprint density at radius 2 is 2.00 bits per heavy atom. The van der Waals surface area contributed by atoms with Crippen LogP contribution in [0.4, 0.5) is 5.69 Å². The van der Waals surface area contributed by atoms with Gasteiger partial charge in [0.1, 0.15) is 12.2 Å². The smallest absolute Gasteiger partial charge is 0.345 e. The molecule has 0 radical (unpaired) electrons. The lowest BCUT2D eigenvalue weighted by Crippen LogP contribution is -2.08. The minimum absolute atomic E-state index is 0.0120. The largest absolute Gasteiger partial charge is 0.457 e. The maximum absolute atomic E-state index is 12.1. The van der Waals surface area contributed by atoms with Gasteiger partial charge >= 0.3 is 5.97 Å². The van der Waals surface area contributed by atoms with Gasteiger partial charge in [-0.05, 0) is 35.9 Å². The summed E-state index contributed by atoms with van der Waals surface area (Å²) in [6.07, 6.45) is 3.49. The van der Waals surface area contributed by atoms with E-state index in [1.807, 2.05) is 24.4 Å². The van der Waals surface area contributed by atoms with Crippen LogP contribution >= 0.6 is 11.6 Å². The molecule has 0 N–H and O–H groups in total. The van der Waals surface area contributed by atoms with Gasteiger partial charge < -0.3 is 4.74 Å². The van der Waals surface area contributed by atoms with Crippen LogP contribution in [-0.4, -0.2) is 20.7 Å². The van der Waals surface area contributed by atoms with E-state index in [0.29, 0.717) is 0 Å². The van der Waals surface area contributed by atoms with E-state index in [-0.39, 0.29) is 22.9 Å². The molecule has 0 bridgehead atoms. The topological polar surface area (TPSA) is 87.3 Å². The predicted molar refractivity (Wildman–Crippen MR) is 90.8 cm³/mol. The number of carbonyl (C=O) groups excluding carboxylic acids is 1. The second-order valence-corrected chi connectivity index (χ2v) is 5.55. The lowest BCUT2D eigenvalue weighted by atomic mass is 10.2. The summed E-state index contributed by atoms with van der Waals surface area (Å²) in [6, 6.07) is 12.8. The highest BCUT2D eigenvalue weighted by molar-refractivity contribution is 6.31. The van der Waals surface area contributed by atoms with Crippen LogP contribution in [0.3, 0.4) is 0 Å². The quantitative estimate of drug-likeness (QED) is 0.394. The normalized spacial score (nSPS) is 10.4. The van der Waals surface area contributed by atoms with E-state index in [0.717, 1.165) is 11.3 Å². The zero-order chi connectivity index (χ0) is 17.8. The molecule has 7 nitrogen and oxygen atoms in total. The number of aromatic nitrogens is 2. The molecule has 3 rings (SSSR count).